The highest BCUT2D eigenvalue weighted by atomic mass is 16.5. The van der Waals surface area contributed by atoms with Crippen LogP contribution >= 0.6 is 0 Å². The van der Waals surface area contributed by atoms with Crippen LogP contribution in [-0.2, 0) is 0 Å². The molecule has 3 N–H and O–H groups in total. The maximum Gasteiger partial charge on any atom is 0.251 e. The number of carbonyl (C=O) groups is 1. The van der Waals surface area contributed by atoms with Gasteiger partial charge in [0.15, 0.2) is 0 Å². The van der Waals surface area contributed by atoms with E-state index in [0.29, 0.717) is 17.0 Å². The second-order valence-electron chi connectivity index (χ2n) is 4.47. The number of nitrogens with two attached hydrogens (primary N) is 1. The van der Waals surface area contributed by atoms with Crippen LogP contribution < -0.4 is 15.8 Å². The normalized spacial score (nSPS) is 11.9. The lowest BCUT2D eigenvalue weighted by molar-refractivity contribution is 0.0938. The molecule has 1 aromatic rings. The molecule has 0 aliphatic rings. The van der Waals surface area contributed by atoms with Crippen LogP contribution in [0.3, 0.4) is 0 Å². The molecule has 4 heteroatoms. The lowest BCUT2D eigenvalue weighted by atomic mass is 10.1. The highest BCUT2D eigenvalue weighted by molar-refractivity contribution is 5.95. The number of anilines is 1. The van der Waals surface area contributed by atoms with Crippen molar-refractivity contribution in [2.24, 2.45) is 0 Å². The van der Waals surface area contributed by atoms with E-state index in [-0.39, 0.29) is 11.9 Å². The summed E-state index contributed by atoms with van der Waals surface area (Å²) in [6.07, 6.45) is 3.25. The van der Waals surface area contributed by atoms with Gasteiger partial charge in [-0.3, -0.25) is 4.79 Å². The zero-order valence-electron chi connectivity index (χ0n) is 11.3. The zero-order chi connectivity index (χ0) is 13.5. The summed E-state index contributed by atoms with van der Waals surface area (Å²) in [7, 11) is 1.55. The van der Waals surface area contributed by atoms with Gasteiger partial charge in [0.05, 0.1) is 12.8 Å². The smallest absolute Gasteiger partial charge is 0.251 e. The van der Waals surface area contributed by atoms with Crippen LogP contribution in [0.5, 0.6) is 5.75 Å². The maximum atomic E-state index is 12.0. The third kappa shape index (κ3) is 3.95. The van der Waals surface area contributed by atoms with Crippen LogP contribution in [0.25, 0.3) is 0 Å². The Kier molecular flexibility index (Phi) is 5.49. The highest BCUT2D eigenvalue weighted by Crippen LogP contribution is 2.21. The van der Waals surface area contributed by atoms with E-state index in [0.717, 1.165) is 19.3 Å². The lowest BCUT2D eigenvalue weighted by Crippen LogP contribution is -2.32. The molecule has 0 saturated heterocycles. The summed E-state index contributed by atoms with van der Waals surface area (Å²) >= 11 is 0. The maximum absolute atomic E-state index is 12.0. The first kappa shape index (κ1) is 14.4. The molecule has 4 nitrogen and oxygen atoms in total. The molecule has 1 amide bonds. The van der Waals surface area contributed by atoms with Gasteiger partial charge in [0.2, 0.25) is 0 Å². The number of ether oxygens (including phenoxy) is 1. The van der Waals surface area contributed by atoms with Gasteiger partial charge in [-0.1, -0.05) is 19.8 Å². The van der Waals surface area contributed by atoms with E-state index in [1.54, 1.807) is 25.3 Å². The Balaban J connectivity index is 2.64. The fraction of sp³-hybridized carbons (Fsp3) is 0.500. The van der Waals surface area contributed by atoms with Crippen molar-refractivity contribution in [2.45, 2.75) is 39.2 Å². The van der Waals surface area contributed by atoms with Gasteiger partial charge < -0.3 is 15.8 Å². The minimum atomic E-state index is -0.0899. The molecule has 0 fully saturated rings. The van der Waals surface area contributed by atoms with E-state index >= 15 is 0 Å². The molecule has 1 unspecified atom stereocenters. The molecular formula is C14H22N2O2. The van der Waals surface area contributed by atoms with Crippen molar-refractivity contribution in [3.05, 3.63) is 23.8 Å². The molecule has 0 spiro atoms. The SMILES string of the molecule is CCCCC(C)NC(=O)c1ccc(OC)c(N)c1. The van der Waals surface area contributed by atoms with E-state index in [2.05, 4.69) is 12.2 Å². The molecule has 18 heavy (non-hydrogen) atoms. The molecule has 0 saturated carbocycles. The van der Waals surface area contributed by atoms with Crippen molar-refractivity contribution in [3.63, 3.8) is 0 Å². The lowest BCUT2D eigenvalue weighted by Gasteiger charge is -2.14. The predicted molar refractivity (Wildman–Crippen MR) is 73.9 cm³/mol. The molecular weight excluding hydrogens is 228 g/mol. The van der Waals surface area contributed by atoms with Crippen molar-refractivity contribution >= 4 is 11.6 Å². The largest absolute Gasteiger partial charge is 0.495 e. The zero-order valence-corrected chi connectivity index (χ0v) is 11.3. The summed E-state index contributed by atoms with van der Waals surface area (Å²) in [5.41, 5.74) is 6.82. The van der Waals surface area contributed by atoms with Gasteiger partial charge in [0.25, 0.3) is 5.91 Å². The topological polar surface area (TPSA) is 64.3 Å². The number of amides is 1. The molecule has 0 aliphatic carbocycles. The molecule has 0 heterocycles. The molecule has 0 bridgehead atoms. The quantitative estimate of drug-likeness (QED) is 0.763. The van der Waals surface area contributed by atoms with Gasteiger partial charge in [0, 0.05) is 11.6 Å². The summed E-state index contributed by atoms with van der Waals surface area (Å²) in [5, 5.41) is 2.96. The van der Waals surface area contributed by atoms with Crippen molar-refractivity contribution in [1.82, 2.24) is 5.32 Å². The Morgan fingerprint density at radius 2 is 2.22 bits per heavy atom. The van der Waals surface area contributed by atoms with Crippen LogP contribution in [0.2, 0.25) is 0 Å². The Hall–Kier alpha value is -1.71. The van der Waals surface area contributed by atoms with Crippen molar-refractivity contribution in [3.8, 4) is 5.75 Å². The van der Waals surface area contributed by atoms with Gasteiger partial charge in [-0.25, -0.2) is 0 Å². The Morgan fingerprint density at radius 1 is 1.50 bits per heavy atom. The first-order chi connectivity index (χ1) is 8.58. The van der Waals surface area contributed by atoms with Crippen LogP contribution in [-0.4, -0.2) is 19.1 Å². The number of carbonyl (C=O) groups excluding carboxylic acids is 1. The summed E-state index contributed by atoms with van der Waals surface area (Å²) < 4.78 is 5.06. The van der Waals surface area contributed by atoms with Crippen LogP contribution in [0.15, 0.2) is 18.2 Å². The average Bonchev–Trinajstić information content (AvgIpc) is 2.36. The number of hydrogen-bond acceptors (Lipinski definition) is 3. The number of rotatable bonds is 6. The van der Waals surface area contributed by atoms with Crippen molar-refractivity contribution < 1.29 is 9.53 Å². The summed E-state index contributed by atoms with van der Waals surface area (Å²) in [6, 6.07) is 5.25. The first-order valence-electron chi connectivity index (χ1n) is 6.32. The van der Waals surface area contributed by atoms with Crippen molar-refractivity contribution in [1.29, 1.82) is 0 Å². The van der Waals surface area contributed by atoms with E-state index in [9.17, 15) is 4.79 Å². The number of benzene rings is 1. The highest BCUT2D eigenvalue weighted by Gasteiger charge is 2.11. The van der Waals surface area contributed by atoms with Gasteiger partial charge in [-0.05, 0) is 31.5 Å². The minimum Gasteiger partial charge on any atom is -0.495 e. The third-order valence-electron chi connectivity index (χ3n) is 2.86. The van der Waals surface area contributed by atoms with Gasteiger partial charge >= 0.3 is 0 Å². The van der Waals surface area contributed by atoms with E-state index in [4.69, 9.17) is 10.5 Å². The number of nitrogens with one attached hydrogen (secondary N) is 1. The Bertz CT molecular complexity index is 405. The number of unbranched alkanes of at least 4 members (excludes halogenated alkanes) is 1. The predicted octanol–water partition coefficient (Wildman–Crippen LogP) is 2.59. The minimum absolute atomic E-state index is 0.0899. The molecule has 1 aromatic carbocycles. The summed E-state index contributed by atoms with van der Waals surface area (Å²) in [5.74, 6) is 0.499. The standard InChI is InChI=1S/C14H22N2O2/c1-4-5-6-10(2)16-14(17)11-7-8-13(18-3)12(15)9-11/h7-10H,4-6,15H2,1-3H3,(H,16,17). The number of methoxy groups -OCH3 is 1. The molecule has 1 rings (SSSR count). The average molecular weight is 250 g/mol. The fourth-order valence-electron chi connectivity index (χ4n) is 1.77. The molecule has 0 radical (unpaired) electrons. The monoisotopic (exact) mass is 250 g/mol. The van der Waals surface area contributed by atoms with Crippen LogP contribution in [0.1, 0.15) is 43.5 Å². The fourth-order valence-corrected chi connectivity index (χ4v) is 1.77. The second-order valence-corrected chi connectivity index (χ2v) is 4.47. The second kappa shape index (κ2) is 6.89. The number of nitrogen functional groups attached to an aromatic ring is 1. The van der Waals surface area contributed by atoms with Gasteiger partial charge in [0.1, 0.15) is 5.75 Å². The van der Waals surface area contributed by atoms with Gasteiger partial charge in [-0.2, -0.15) is 0 Å². The molecule has 1 atom stereocenters. The first-order valence-corrected chi connectivity index (χ1v) is 6.32. The summed E-state index contributed by atoms with van der Waals surface area (Å²) in [4.78, 5) is 12.0. The van der Waals surface area contributed by atoms with E-state index < -0.39 is 0 Å². The van der Waals surface area contributed by atoms with Crippen molar-refractivity contribution in [2.75, 3.05) is 12.8 Å². The molecule has 100 valence electrons. The Labute approximate surface area is 109 Å². The number of hydrogen-bond donors (Lipinski definition) is 2. The molecule has 0 aliphatic heterocycles. The summed E-state index contributed by atoms with van der Waals surface area (Å²) in [6.45, 7) is 4.15. The van der Waals surface area contributed by atoms with E-state index in [1.165, 1.54) is 0 Å². The van der Waals surface area contributed by atoms with Crippen LogP contribution in [0.4, 0.5) is 5.69 Å². The Morgan fingerprint density at radius 3 is 2.78 bits per heavy atom. The van der Waals surface area contributed by atoms with E-state index in [1.807, 2.05) is 6.92 Å². The third-order valence-corrected chi connectivity index (χ3v) is 2.86. The molecule has 0 aromatic heterocycles. The van der Waals surface area contributed by atoms with Gasteiger partial charge in [-0.15, -0.1) is 0 Å². The van der Waals surface area contributed by atoms with Crippen LogP contribution in [0, 0.1) is 0 Å².